The number of aryl methyl sites for hydroxylation is 1. The summed E-state index contributed by atoms with van der Waals surface area (Å²) in [7, 11) is 4.95. The van der Waals surface area contributed by atoms with Gasteiger partial charge in [-0.2, -0.15) is 0 Å². The lowest BCUT2D eigenvalue weighted by atomic mass is 9.92. The van der Waals surface area contributed by atoms with Crippen molar-refractivity contribution in [2.45, 2.75) is 65.1 Å². The van der Waals surface area contributed by atoms with Gasteiger partial charge in [-0.3, -0.25) is 9.47 Å². The molecule has 1 unspecified atom stereocenters. The maximum absolute atomic E-state index is 13.0. The van der Waals surface area contributed by atoms with Gasteiger partial charge in [0.25, 0.3) is 0 Å². The number of hydrogen-bond donors (Lipinski definition) is 1. The van der Waals surface area contributed by atoms with E-state index in [1.165, 1.54) is 7.11 Å². The average Bonchev–Trinajstić information content (AvgIpc) is 3.35. The molecule has 0 saturated carbocycles. The van der Waals surface area contributed by atoms with Crippen LogP contribution in [0.4, 0.5) is 10.5 Å². The number of nitrogens with one attached hydrogen (secondary N) is 1. The van der Waals surface area contributed by atoms with Gasteiger partial charge < -0.3 is 19.5 Å². The molecule has 1 aromatic heterocycles. The van der Waals surface area contributed by atoms with Crippen molar-refractivity contribution < 1.29 is 23.8 Å². The minimum absolute atomic E-state index is 0.159. The number of likely N-dealkylation sites (tertiary alicyclic amines) is 1. The zero-order valence-electron chi connectivity index (χ0n) is 23.5. The Hall–Kier alpha value is -3.52. The predicted octanol–water partition coefficient (Wildman–Crippen LogP) is 6.30. The Morgan fingerprint density at radius 2 is 1.87 bits per heavy atom. The standard InChI is InChI=1S/C30H39N3O5/c1-19-16-26(36-6)23(21-13-15-33(27(19)21)29(35)38-30(2,3)4)18-32-14-9-8-10-25(32)22-12-11-20(28(34)37-7)17-24(22)31-5/h11-13,15-17,25,31H,8-10,14,18H2,1-7H3. The van der Waals surface area contributed by atoms with Crippen LogP contribution in [0, 0.1) is 6.92 Å². The molecule has 0 bridgehead atoms. The molecule has 0 amide bonds. The van der Waals surface area contributed by atoms with Gasteiger partial charge in [0.1, 0.15) is 11.4 Å². The topological polar surface area (TPSA) is 82.0 Å². The number of carbonyl (C=O) groups is 2. The molecule has 8 nitrogen and oxygen atoms in total. The SMILES string of the molecule is CNc1cc(C(=O)OC)ccc1C1CCCCN1Cc1c(OC)cc(C)c2c1ccn2C(=O)OC(C)(C)C. The number of nitrogens with zero attached hydrogens (tertiary/aromatic N) is 2. The number of carbonyl (C=O) groups excluding carboxylic acids is 2. The molecule has 204 valence electrons. The molecule has 1 N–H and O–H groups in total. The summed E-state index contributed by atoms with van der Waals surface area (Å²) in [5, 5.41) is 4.26. The van der Waals surface area contributed by atoms with Crippen LogP contribution in [0.1, 0.15) is 73.1 Å². The second kappa shape index (κ2) is 11.1. The third-order valence-electron chi connectivity index (χ3n) is 7.12. The molecule has 0 spiro atoms. The number of benzene rings is 2. The number of esters is 1. The summed E-state index contributed by atoms with van der Waals surface area (Å²) in [6, 6.07) is 9.86. The van der Waals surface area contributed by atoms with E-state index in [9.17, 15) is 9.59 Å². The van der Waals surface area contributed by atoms with Crippen LogP contribution >= 0.6 is 0 Å². The van der Waals surface area contributed by atoms with Crippen LogP contribution in [0.5, 0.6) is 5.75 Å². The maximum Gasteiger partial charge on any atom is 0.419 e. The van der Waals surface area contributed by atoms with Gasteiger partial charge in [0.05, 0.1) is 25.3 Å². The molecule has 3 aromatic rings. The summed E-state index contributed by atoms with van der Waals surface area (Å²) in [5.41, 5.74) is 4.82. The van der Waals surface area contributed by atoms with Crippen LogP contribution in [-0.4, -0.2) is 54.9 Å². The molecule has 4 rings (SSSR count). The van der Waals surface area contributed by atoms with Crippen molar-refractivity contribution in [2.75, 3.05) is 33.1 Å². The Balaban J connectivity index is 1.74. The highest BCUT2D eigenvalue weighted by molar-refractivity contribution is 5.95. The van der Waals surface area contributed by atoms with Crippen molar-refractivity contribution in [1.82, 2.24) is 9.47 Å². The molecule has 1 atom stereocenters. The third-order valence-corrected chi connectivity index (χ3v) is 7.12. The van der Waals surface area contributed by atoms with Crippen molar-refractivity contribution in [3.63, 3.8) is 0 Å². The van der Waals surface area contributed by atoms with Gasteiger partial charge in [0.15, 0.2) is 0 Å². The van der Waals surface area contributed by atoms with E-state index in [4.69, 9.17) is 14.2 Å². The lowest BCUT2D eigenvalue weighted by molar-refractivity contribution is 0.0542. The van der Waals surface area contributed by atoms with Crippen LogP contribution in [0.15, 0.2) is 36.5 Å². The number of piperidine rings is 1. The highest BCUT2D eigenvalue weighted by Crippen LogP contribution is 2.40. The first-order valence-electron chi connectivity index (χ1n) is 13.1. The average molecular weight is 522 g/mol. The molecule has 2 aromatic carbocycles. The van der Waals surface area contributed by atoms with E-state index < -0.39 is 11.7 Å². The van der Waals surface area contributed by atoms with Crippen LogP contribution in [-0.2, 0) is 16.0 Å². The third kappa shape index (κ3) is 5.50. The second-order valence-electron chi connectivity index (χ2n) is 10.8. The van der Waals surface area contributed by atoms with E-state index in [0.29, 0.717) is 12.1 Å². The zero-order chi connectivity index (χ0) is 27.6. The smallest absolute Gasteiger partial charge is 0.419 e. The minimum atomic E-state index is -0.591. The fourth-order valence-corrected chi connectivity index (χ4v) is 5.42. The molecule has 1 aliphatic rings. The summed E-state index contributed by atoms with van der Waals surface area (Å²) in [6.07, 6.45) is 4.61. The molecular weight excluding hydrogens is 482 g/mol. The summed E-state index contributed by atoms with van der Waals surface area (Å²) < 4.78 is 18.0. The Kier molecular flexibility index (Phi) is 8.02. The van der Waals surface area contributed by atoms with E-state index >= 15 is 0 Å². The van der Waals surface area contributed by atoms with Gasteiger partial charge in [0, 0.05) is 42.5 Å². The lowest BCUT2D eigenvalue weighted by Gasteiger charge is -2.37. The minimum Gasteiger partial charge on any atom is -0.496 e. The summed E-state index contributed by atoms with van der Waals surface area (Å²) in [5.74, 6) is 0.450. The Bertz CT molecular complexity index is 1340. The monoisotopic (exact) mass is 521 g/mol. The molecule has 0 aliphatic carbocycles. The Morgan fingerprint density at radius 3 is 2.53 bits per heavy atom. The summed E-state index contributed by atoms with van der Waals surface area (Å²) in [4.78, 5) is 27.6. The van der Waals surface area contributed by atoms with Crippen molar-refractivity contribution in [2.24, 2.45) is 0 Å². The van der Waals surface area contributed by atoms with Crippen molar-refractivity contribution >= 4 is 28.7 Å². The fraction of sp³-hybridized carbons (Fsp3) is 0.467. The van der Waals surface area contributed by atoms with Crippen molar-refractivity contribution in [1.29, 1.82) is 0 Å². The van der Waals surface area contributed by atoms with Crippen LogP contribution < -0.4 is 10.1 Å². The molecule has 8 heteroatoms. The maximum atomic E-state index is 13.0. The normalized spacial score (nSPS) is 16.3. The number of fused-ring (bicyclic) bond motifs is 1. The van der Waals surface area contributed by atoms with Gasteiger partial charge in [-0.05, 0) is 82.5 Å². The Labute approximate surface area is 224 Å². The fourth-order valence-electron chi connectivity index (χ4n) is 5.42. The highest BCUT2D eigenvalue weighted by Gasteiger charge is 2.29. The van der Waals surface area contributed by atoms with Crippen LogP contribution in [0.25, 0.3) is 10.9 Å². The molecule has 0 radical (unpaired) electrons. The van der Waals surface area contributed by atoms with Gasteiger partial charge >= 0.3 is 12.1 Å². The van der Waals surface area contributed by atoms with Crippen molar-refractivity contribution in [3.8, 4) is 5.75 Å². The largest absolute Gasteiger partial charge is 0.496 e. The zero-order valence-corrected chi connectivity index (χ0v) is 23.5. The first-order valence-corrected chi connectivity index (χ1v) is 13.1. The van der Waals surface area contributed by atoms with E-state index in [1.54, 1.807) is 17.9 Å². The molecule has 2 heterocycles. The molecule has 1 saturated heterocycles. The van der Waals surface area contributed by atoms with E-state index in [-0.39, 0.29) is 12.0 Å². The van der Waals surface area contributed by atoms with Gasteiger partial charge in [-0.1, -0.05) is 12.5 Å². The van der Waals surface area contributed by atoms with Crippen LogP contribution in [0.2, 0.25) is 0 Å². The number of rotatable bonds is 6. The number of hydrogen-bond acceptors (Lipinski definition) is 7. The van der Waals surface area contributed by atoms with Crippen LogP contribution in [0.3, 0.4) is 0 Å². The van der Waals surface area contributed by atoms with Gasteiger partial charge in [-0.15, -0.1) is 0 Å². The van der Waals surface area contributed by atoms with E-state index in [2.05, 4.69) is 10.2 Å². The number of aromatic nitrogens is 1. The predicted molar refractivity (Wildman–Crippen MR) is 149 cm³/mol. The molecule has 1 fully saturated rings. The van der Waals surface area contributed by atoms with E-state index in [1.807, 2.05) is 65.1 Å². The molecular formula is C30H39N3O5. The number of ether oxygens (including phenoxy) is 3. The van der Waals surface area contributed by atoms with E-state index in [0.717, 1.165) is 64.8 Å². The highest BCUT2D eigenvalue weighted by atomic mass is 16.6. The quantitative estimate of drug-likeness (QED) is 0.381. The second-order valence-corrected chi connectivity index (χ2v) is 10.8. The summed E-state index contributed by atoms with van der Waals surface area (Å²) in [6.45, 7) is 9.17. The Morgan fingerprint density at radius 1 is 1.11 bits per heavy atom. The first-order chi connectivity index (χ1) is 18.1. The molecule has 38 heavy (non-hydrogen) atoms. The van der Waals surface area contributed by atoms with Gasteiger partial charge in [-0.25, -0.2) is 9.59 Å². The number of anilines is 1. The lowest BCUT2D eigenvalue weighted by Crippen LogP contribution is -2.33. The number of methoxy groups -OCH3 is 2. The summed E-state index contributed by atoms with van der Waals surface area (Å²) >= 11 is 0. The molecule has 1 aliphatic heterocycles. The first kappa shape index (κ1) is 27.5. The van der Waals surface area contributed by atoms with Gasteiger partial charge in [0.2, 0.25) is 0 Å². The van der Waals surface area contributed by atoms with Crippen molar-refractivity contribution in [3.05, 3.63) is 58.8 Å².